The van der Waals surface area contributed by atoms with E-state index in [-0.39, 0.29) is 5.91 Å². The number of benzene rings is 1. The lowest BCUT2D eigenvalue weighted by molar-refractivity contribution is 0.0746. The van der Waals surface area contributed by atoms with Crippen LogP contribution in [-0.4, -0.2) is 47.0 Å². The van der Waals surface area contributed by atoms with Gasteiger partial charge in [0.25, 0.3) is 5.91 Å². The molecule has 6 heteroatoms. The predicted molar refractivity (Wildman–Crippen MR) is 113 cm³/mol. The molecule has 1 aliphatic heterocycles. The number of piperazine rings is 1. The van der Waals surface area contributed by atoms with Crippen molar-refractivity contribution in [2.24, 2.45) is 0 Å². The van der Waals surface area contributed by atoms with E-state index in [2.05, 4.69) is 14.9 Å². The topological polar surface area (TPSA) is 49.3 Å². The second-order valence-corrected chi connectivity index (χ2v) is 8.77. The van der Waals surface area contributed by atoms with Crippen molar-refractivity contribution in [3.63, 3.8) is 0 Å². The molecule has 1 amide bonds. The molecular formula is C22H24N4OS. The number of hydrogen-bond donors (Lipinski definition) is 0. The lowest BCUT2D eigenvalue weighted by atomic mass is 9.97. The fourth-order valence-corrected chi connectivity index (χ4v) is 5.64. The number of anilines is 1. The van der Waals surface area contributed by atoms with E-state index >= 15 is 0 Å². The number of aryl methyl sites for hydroxylation is 3. The molecule has 1 saturated heterocycles. The van der Waals surface area contributed by atoms with Gasteiger partial charge < -0.3 is 9.80 Å². The SMILES string of the molecule is Cc1ccccc1C(=O)N1CCN(c2ncnc3sc4c(c23)CCCC4)CC1. The first-order valence-corrected chi connectivity index (χ1v) is 10.9. The smallest absolute Gasteiger partial charge is 0.254 e. The summed E-state index contributed by atoms with van der Waals surface area (Å²) in [5.74, 6) is 1.20. The normalized spacial score (nSPS) is 17.0. The average Bonchev–Trinajstić information content (AvgIpc) is 3.12. The van der Waals surface area contributed by atoms with Gasteiger partial charge in [-0.1, -0.05) is 18.2 Å². The fraction of sp³-hybridized carbons (Fsp3) is 0.409. The number of amides is 1. The number of hydrogen-bond acceptors (Lipinski definition) is 5. The van der Waals surface area contributed by atoms with Gasteiger partial charge in [0.2, 0.25) is 0 Å². The van der Waals surface area contributed by atoms with Gasteiger partial charge in [0.15, 0.2) is 0 Å². The van der Waals surface area contributed by atoms with E-state index in [0.29, 0.717) is 0 Å². The summed E-state index contributed by atoms with van der Waals surface area (Å²) in [5, 5.41) is 1.26. The van der Waals surface area contributed by atoms with Crippen molar-refractivity contribution in [1.29, 1.82) is 0 Å². The molecule has 144 valence electrons. The Morgan fingerprint density at radius 2 is 1.82 bits per heavy atom. The summed E-state index contributed by atoms with van der Waals surface area (Å²) in [6.07, 6.45) is 6.55. The molecular weight excluding hydrogens is 368 g/mol. The minimum Gasteiger partial charge on any atom is -0.352 e. The molecule has 5 nitrogen and oxygen atoms in total. The second kappa shape index (κ2) is 7.17. The molecule has 2 aromatic heterocycles. The standard InChI is InChI=1S/C22H24N4OS/c1-15-6-2-3-7-16(15)22(27)26-12-10-25(11-13-26)20-19-17-8-4-5-9-18(17)28-21(19)24-14-23-20/h2-3,6-7,14H,4-5,8-13H2,1H3. The molecule has 0 spiro atoms. The molecule has 1 aliphatic carbocycles. The van der Waals surface area contributed by atoms with E-state index in [9.17, 15) is 4.79 Å². The van der Waals surface area contributed by atoms with Crippen LogP contribution in [0.4, 0.5) is 5.82 Å². The lowest BCUT2D eigenvalue weighted by Gasteiger charge is -2.36. The summed E-state index contributed by atoms with van der Waals surface area (Å²) in [4.78, 5) is 29.1. The van der Waals surface area contributed by atoms with Gasteiger partial charge in [-0.15, -0.1) is 11.3 Å². The Labute approximate surface area is 169 Å². The molecule has 0 saturated carbocycles. The van der Waals surface area contributed by atoms with E-state index in [1.165, 1.54) is 35.1 Å². The van der Waals surface area contributed by atoms with Gasteiger partial charge in [-0.2, -0.15) is 0 Å². The molecule has 28 heavy (non-hydrogen) atoms. The number of carbonyl (C=O) groups is 1. The van der Waals surface area contributed by atoms with Crippen LogP contribution in [0.3, 0.4) is 0 Å². The minimum atomic E-state index is 0.137. The molecule has 0 unspecified atom stereocenters. The van der Waals surface area contributed by atoms with Gasteiger partial charge in [0.05, 0.1) is 5.39 Å². The van der Waals surface area contributed by atoms with Crippen molar-refractivity contribution < 1.29 is 4.79 Å². The maximum atomic E-state index is 12.9. The number of aromatic nitrogens is 2. The van der Waals surface area contributed by atoms with Gasteiger partial charge in [-0.3, -0.25) is 4.79 Å². The number of rotatable bonds is 2. The number of thiophene rings is 1. The Morgan fingerprint density at radius 1 is 1.04 bits per heavy atom. The summed E-state index contributed by atoms with van der Waals surface area (Å²) >= 11 is 1.84. The molecule has 1 fully saturated rings. The third-order valence-corrected chi connectivity index (χ3v) is 7.17. The van der Waals surface area contributed by atoms with Crippen LogP contribution in [0.15, 0.2) is 30.6 Å². The van der Waals surface area contributed by atoms with Crippen LogP contribution in [0.2, 0.25) is 0 Å². The Kier molecular flexibility index (Phi) is 4.51. The Hall–Kier alpha value is -2.47. The van der Waals surface area contributed by atoms with Gasteiger partial charge >= 0.3 is 0 Å². The molecule has 1 aromatic carbocycles. The summed E-state index contributed by atoms with van der Waals surface area (Å²) in [6, 6.07) is 7.84. The molecule has 0 radical (unpaired) electrons. The summed E-state index contributed by atoms with van der Waals surface area (Å²) in [7, 11) is 0. The van der Waals surface area contributed by atoms with Crippen LogP contribution in [0, 0.1) is 6.92 Å². The number of fused-ring (bicyclic) bond motifs is 3. The van der Waals surface area contributed by atoms with Crippen molar-refractivity contribution in [2.45, 2.75) is 32.6 Å². The maximum absolute atomic E-state index is 12.9. The van der Waals surface area contributed by atoms with Gasteiger partial charge in [0.1, 0.15) is 17.0 Å². The van der Waals surface area contributed by atoms with Crippen molar-refractivity contribution in [2.75, 3.05) is 31.1 Å². The van der Waals surface area contributed by atoms with E-state index in [1.54, 1.807) is 6.33 Å². The Morgan fingerprint density at radius 3 is 2.64 bits per heavy atom. The van der Waals surface area contributed by atoms with Crippen LogP contribution < -0.4 is 4.90 Å². The summed E-state index contributed by atoms with van der Waals surface area (Å²) < 4.78 is 0. The molecule has 3 aromatic rings. The van der Waals surface area contributed by atoms with E-state index in [4.69, 9.17) is 0 Å². The van der Waals surface area contributed by atoms with Crippen LogP contribution in [0.1, 0.15) is 39.2 Å². The number of carbonyl (C=O) groups excluding carboxylic acids is 1. The maximum Gasteiger partial charge on any atom is 0.254 e. The quantitative estimate of drug-likeness (QED) is 0.665. The van der Waals surface area contributed by atoms with Gasteiger partial charge in [0, 0.05) is 36.6 Å². The first kappa shape index (κ1) is 17.6. The first-order chi connectivity index (χ1) is 13.7. The van der Waals surface area contributed by atoms with E-state index in [0.717, 1.165) is 54.4 Å². The van der Waals surface area contributed by atoms with Gasteiger partial charge in [-0.05, 0) is 49.8 Å². The van der Waals surface area contributed by atoms with E-state index in [1.807, 2.05) is 47.4 Å². The second-order valence-electron chi connectivity index (χ2n) is 7.68. The largest absolute Gasteiger partial charge is 0.352 e. The van der Waals surface area contributed by atoms with Crippen molar-refractivity contribution >= 4 is 33.3 Å². The molecule has 5 rings (SSSR count). The minimum absolute atomic E-state index is 0.137. The highest BCUT2D eigenvalue weighted by Crippen LogP contribution is 2.39. The zero-order chi connectivity index (χ0) is 19.1. The third-order valence-electron chi connectivity index (χ3n) is 5.97. The zero-order valence-corrected chi connectivity index (χ0v) is 17.0. The highest BCUT2D eigenvalue weighted by atomic mass is 32.1. The van der Waals surface area contributed by atoms with Crippen molar-refractivity contribution in [3.8, 4) is 0 Å². The van der Waals surface area contributed by atoms with Crippen LogP contribution >= 0.6 is 11.3 Å². The lowest BCUT2D eigenvalue weighted by Crippen LogP contribution is -2.49. The third kappa shape index (κ3) is 2.96. The molecule has 2 aliphatic rings. The molecule has 0 N–H and O–H groups in total. The highest BCUT2D eigenvalue weighted by molar-refractivity contribution is 7.19. The highest BCUT2D eigenvalue weighted by Gasteiger charge is 2.27. The average molecular weight is 393 g/mol. The monoisotopic (exact) mass is 392 g/mol. The summed E-state index contributed by atoms with van der Waals surface area (Å²) in [6.45, 7) is 5.08. The molecule has 0 atom stereocenters. The van der Waals surface area contributed by atoms with Crippen molar-refractivity contribution in [1.82, 2.24) is 14.9 Å². The predicted octanol–water partition coefficient (Wildman–Crippen LogP) is 3.84. The Balaban J connectivity index is 1.38. The zero-order valence-electron chi connectivity index (χ0n) is 16.1. The van der Waals surface area contributed by atoms with Gasteiger partial charge in [-0.25, -0.2) is 9.97 Å². The van der Waals surface area contributed by atoms with Crippen LogP contribution in [-0.2, 0) is 12.8 Å². The molecule has 3 heterocycles. The van der Waals surface area contributed by atoms with E-state index < -0.39 is 0 Å². The van der Waals surface area contributed by atoms with Crippen LogP contribution in [0.5, 0.6) is 0 Å². The van der Waals surface area contributed by atoms with Crippen LogP contribution in [0.25, 0.3) is 10.2 Å². The fourth-order valence-electron chi connectivity index (χ4n) is 4.42. The molecule has 0 bridgehead atoms. The summed E-state index contributed by atoms with van der Waals surface area (Å²) in [5.41, 5.74) is 3.32. The first-order valence-electron chi connectivity index (χ1n) is 10.1. The van der Waals surface area contributed by atoms with Crippen molar-refractivity contribution in [3.05, 3.63) is 52.2 Å². The Bertz CT molecular complexity index is 1040. The number of nitrogens with zero attached hydrogens (tertiary/aromatic N) is 4.